The van der Waals surface area contributed by atoms with Gasteiger partial charge in [0, 0.05) is 6.07 Å². The molecular formula is C12H14FN5O2. The van der Waals surface area contributed by atoms with Crippen molar-refractivity contribution in [2.75, 3.05) is 0 Å². The summed E-state index contributed by atoms with van der Waals surface area (Å²) in [5, 5.41) is 18.3. The van der Waals surface area contributed by atoms with Crippen LogP contribution in [0, 0.1) is 15.9 Å². The summed E-state index contributed by atoms with van der Waals surface area (Å²) in [5.74, 6) is -0.736. The van der Waals surface area contributed by atoms with E-state index in [-0.39, 0.29) is 17.4 Å². The minimum atomic E-state index is -0.736. The van der Waals surface area contributed by atoms with Crippen LogP contribution in [0.5, 0.6) is 0 Å². The lowest BCUT2D eigenvalue weighted by molar-refractivity contribution is -0.385. The second-order valence-corrected chi connectivity index (χ2v) is 4.38. The Labute approximate surface area is 114 Å². The molecule has 20 heavy (non-hydrogen) atoms. The number of nitrogens with two attached hydrogens (primary N) is 1. The number of nitro groups is 1. The van der Waals surface area contributed by atoms with Gasteiger partial charge in [0.1, 0.15) is 5.69 Å². The Morgan fingerprint density at radius 2 is 2.30 bits per heavy atom. The first-order valence-corrected chi connectivity index (χ1v) is 6.15. The van der Waals surface area contributed by atoms with Crippen LogP contribution in [-0.2, 0) is 0 Å². The van der Waals surface area contributed by atoms with E-state index in [0.717, 1.165) is 18.9 Å². The largest absolute Gasteiger partial charge is 0.323 e. The van der Waals surface area contributed by atoms with Crippen LogP contribution in [0.3, 0.4) is 0 Å². The summed E-state index contributed by atoms with van der Waals surface area (Å²) in [6, 6.07) is 3.10. The van der Waals surface area contributed by atoms with Crippen molar-refractivity contribution in [2.24, 2.45) is 5.73 Å². The van der Waals surface area contributed by atoms with Gasteiger partial charge in [-0.25, -0.2) is 9.07 Å². The third-order valence-corrected chi connectivity index (χ3v) is 2.88. The Morgan fingerprint density at radius 1 is 1.55 bits per heavy atom. The van der Waals surface area contributed by atoms with E-state index in [1.54, 1.807) is 0 Å². The molecule has 0 aliphatic carbocycles. The summed E-state index contributed by atoms with van der Waals surface area (Å²) in [6.45, 7) is 2.00. The Kier molecular flexibility index (Phi) is 4.04. The lowest BCUT2D eigenvalue weighted by atomic mass is 10.1. The molecule has 1 aromatic heterocycles. The molecule has 0 radical (unpaired) electrons. The van der Waals surface area contributed by atoms with Gasteiger partial charge in [-0.3, -0.25) is 10.1 Å². The molecule has 1 aromatic carbocycles. The van der Waals surface area contributed by atoms with Crippen LogP contribution in [-0.4, -0.2) is 19.9 Å². The zero-order valence-electron chi connectivity index (χ0n) is 10.9. The lowest BCUT2D eigenvalue weighted by Crippen LogP contribution is -2.10. The molecule has 0 aliphatic rings. The zero-order chi connectivity index (χ0) is 14.7. The third kappa shape index (κ3) is 2.80. The highest BCUT2D eigenvalue weighted by Crippen LogP contribution is 2.20. The van der Waals surface area contributed by atoms with E-state index in [0.29, 0.717) is 5.69 Å². The smallest absolute Gasteiger partial charge is 0.272 e. The van der Waals surface area contributed by atoms with Crippen molar-refractivity contribution in [3.8, 4) is 5.69 Å². The summed E-state index contributed by atoms with van der Waals surface area (Å²) in [7, 11) is 0. The summed E-state index contributed by atoms with van der Waals surface area (Å²) in [6.07, 6.45) is 3.19. The minimum absolute atomic E-state index is 0.0954. The molecule has 0 aliphatic heterocycles. The molecule has 0 amide bonds. The molecule has 1 unspecified atom stereocenters. The molecule has 106 valence electrons. The molecule has 0 saturated heterocycles. The standard InChI is InChI=1S/C12H14FN5O2/c1-2-3-10(14)11-7-17(16-15-11)12-5-4-8(18(19)20)6-9(12)13/h4-7,10H,2-3,14H2,1H3. The lowest BCUT2D eigenvalue weighted by Gasteiger charge is -2.04. The second kappa shape index (κ2) is 5.74. The summed E-state index contributed by atoms with van der Waals surface area (Å²) in [4.78, 5) is 9.90. The topological polar surface area (TPSA) is 99.9 Å². The van der Waals surface area contributed by atoms with Gasteiger partial charge in [0.2, 0.25) is 0 Å². The minimum Gasteiger partial charge on any atom is -0.323 e. The number of hydrogen-bond acceptors (Lipinski definition) is 5. The fourth-order valence-corrected chi connectivity index (χ4v) is 1.82. The Morgan fingerprint density at radius 3 is 2.90 bits per heavy atom. The van der Waals surface area contributed by atoms with Gasteiger partial charge in [-0.05, 0) is 12.5 Å². The summed E-state index contributed by atoms with van der Waals surface area (Å²) >= 11 is 0. The van der Waals surface area contributed by atoms with Crippen LogP contribution in [0.25, 0.3) is 5.69 Å². The normalized spacial score (nSPS) is 12.3. The fourth-order valence-electron chi connectivity index (χ4n) is 1.82. The second-order valence-electron chi connectivity index (χ2n) is 4.38. The molecule has 7 nitrogen and oxygen atoms in total. The van der Waals surface area contributed by atoms with Gasteiger partial charge in [0.05, 0.1) is 28.9 Å². The van der Waals surface area contributed by atoms with Gasteiger partial charge < -0.3 is 5.73 Å². The van der Waals surface area contributed by atoms with Crippen LogP contribution in [0.2, 0.25) is 0 Å². The fraction of sp³-hybridized carbons (Fsp3) is 0.333. The van der Waals surface area contributed by atoms with Crippen LogP contribution >= 0.6 is 0 Å². The van der Waals surface area contributed by atoms with E-state index in [9.17, 15) is 14.5 Å². The number of rotatable bonds is 5. The molecular weight excluding hydrogens is 265 g/mol. The van der Waals surface area contributed by atoms with E-state index < -0.39 is 10.7 Å². The average Bonchev–Trinajstić information content (AvgIpc) is 2.88. The molecule has 1 atom stereocenters. The highest BCUT2D eigenvalue weighted by atomic mass is 19.1. The number of nitrogens with zero attached hydrogens (tertiary/aromatic N) is 4. The summed E-state index contributed by atoms with van der Waals surface area (Å²) in [5.41, 5.74) is 6.24. The molecule has 2 N–H and O–H groups in total. The Hall–Kier alpha value is -2.35. The maximum atomic E-state index is 13.8. The van der Waals surface area contributed by atoms with Gasteiger partial charge in [-0.1, -0.05) is 18.6 Å². The quantitative estimate of drug-likeness (QED) is 0.667. The van der Waals surface area contributed by atoms with Crippen molar-refractivity contribution in [2.45, 2.75) is 25.8 Å². The van der Waals surface area contributed by atoms with E-state index in [1.165, 1.54) is 23.0 Å². The van der Waals surface area contributed by atoms with E-state index >= 15 is 0 Å². The van der Waals surface area contributed by atoms with Gasteiger partial charge in [0.25, 0.3) is 5.69 Å². The number of nitro benzene ring substituents is 1. The first-order chi connectivity index (χ1) is 9.52. The monoisotopic (exact) mass is 279 g/mol. The van der Waals surface area contributed by atoms with Gasteiger partial charge in [-0.15, -0.1) is 5.10 Å². The van der Waals surface area contributed by atoms with Crippen molar-refractivity contribution in [1.82, 2.24) is 15.0 Å². The molecule has 2 aromatic rings. The molecule has 0 saturated carbocycles. The predicted molar refractivity (Wildman–Crippen MR) is 69.8 cm³/mol. The van der Waals surface area contributed by atoms with Crippen LogP contribution in [0.4, 0.5) is 10.1 Å². The number of halogens is 1. The number of non-ortho nitro benzene ring substituents is 1. The van der Waals surface area contributed by atoms with Crippen molar-refractivity contribution >= 4 is 5.69 Å². The highest BCUT2D eigenvalue weighted by molar-refractivity contribution is 5.41. The molecule has 0 spiro atoms. The maximum Gasteiger partial charge on any atom is 0.272 e. The number of hydrogen-bond donors (Lipinski definition) is 1. The molecule has 0 bridgehead atoms. The number of benzene rings is 1. The number of aromatic nitrogens is 3. The van der Waals surface area contributed by atoms with Crippen molar-refractivity contribution in [3.05, 3.63) is 46.0 Å². The van der Waals surface area contributed by atoms with Gasteiger partial charge in [-0.2, -0.15) is 0 Å². The van der Waals surface area contributed by atoms with E-state index in [1.807, 2.05) is 6.92 Å². The van der Waals surface area contributed by atoms with Crippen molar-refractivity contribution in [3.63, 3.8) is 0 Å². The Balaban J connectivity index is 2.30. The van der Waals surface area contributed by atoms with Crippen LogP contribution in [0.1, 0.15) is 31.5 Å². The highest BCUT2D eigenvalue weighted by Gasteiger charge is 2.15. The van der Waals surface area contributed by atoms with Crippen LogP contribution < -0.4 is 5.73 Å². The molecule has 2 rings (SSSR count). The Bertz CT molecular complexity index is 628. The van der Waals surface area contributed by atoms with E-state index in [2.05, 4.69) is 10.3 Å². The molecule has 0 fully saturated rings. The van der Waals surface area contributed by atoms with Crippen molar-refractivity contribution in [1.29, 1.82) is 0 Å². The zero-order valence-corrected chi connectivity index (χ0v) is 10.9. The predicted octanol–water partition coefficient (Wildman–Crippen LogP) is 2.11. The molecule has 8 heteroatoms. The SMILES string of the molecule is CCCC(N)c1cn(-c2ccc([N+](=O)[O-])cc2F)nn1. The van der Waals surface area contributed by atoms with E-state index in [4.69, 9.17) is 5.73 Å². The average molecular weight is 279 g/mol. The first kappa shape index (κ1) is 14.1. The first-order valence-electron chi connectivity index (χ1n) is 6.15. The van der Waals surface area contributed by atoms with Crippen LogP contribution in [0.15, 0.2) is 24.4 Å². The third-order valence-electron chi connectivity index (χ3n) is 2.88. The molecule has 1 heterocycles. The van der Waals surface area contributed by atoms with Crippen molar-refractivity contribution < 1.29 is 9.31 Å². The van der Waals surface area contributed by atoms with Gasteiger partial charge in [0.15, 0.2) is 5.82 Å². The van der Waals surface area contributed by atoms with Gasteiger partial charge >= 0.3 is 0 Å². The summed E-state index contributed by atoms with van der Waals surface area (Å²) < 4.78 is 15.1. The maximum absolute atomic E-state index is 13.8.